The molecule has 0 aliphatic carbocycles. The molecule has 0 amide bonds. The molecule has 52 valence electrons. The number of hydrogen-bond acceptors (Lipinski definition) is 0. The van der Waals surface area contributed by atoms with Crippen LogP contribution in [0.1, 0.15) is 6.92 Å². The fourth-order valence-corrected chi connectivity index (χ4v) is 0.111. The third-order valence-corrected chi connectivity index (χ3v) is 0.304. The Bertz CT molecular complexity index is 54.2. The van der Waals surface area contributed by atoms with Crippen molar-refractivity contribution in [2.24, 2.45) is 0 Å². The minimum absolute atomic E-state index is 0. The zero-order chi connectivity index (χ0) is 4.12. The summed E-state index contributed by atoms with van der Waals surface area (Å²) in [4.78, 5) is 0. The Kier molecular flexibility index (Phi) is 175. The molecule has 0 aromatic rings. The Hall–Kier alpha value is -0.0157. The van der Waals surface area contributed by atoms with Gasteiger partial charge in [-0.3, -0.25) is 6.58 Å². The Balaban J connectivity index is -0.0000000133. The molecule has 0 fully saturated rings. The zero-order valence-corrected chi connectivity index (χ0v) is 6.50. The first kappa shape index (κ1) is 36.1. The van der Waals surface area contributed by atoms with E-state index in [4.69, 9.17) is 6.58 Å². The van der Waals surface area contributed by atoms with Gasteiger partial charge >= 0.3 is 21.7 Å². The summed E-state index contributed by atoms with van der Waals surface area (Å²) in [5, 5.41) is 0. The van der Waals surface area contributed by atoms with E-state index in [-0.39, 0.29) is 35.8 Å². The number of rotatable bonds is 1. The van der Waals surface area contributed by atoms with Crippen molar-refractivity contribution < 1.29 is 35.8 Å². The molecule has 0 aliphatic heterocycles. The number of hydrogen-bond donors (Lipinski definition) is 0. The number of allylic oxidation sites excluding steroid dienone is 3. The van der Waals surface area contributed by atoms with Crippen LogP contribution in [0, 0.1) is 6.58 Å². The first-order chi connectivity index (χ1) is 2.41. The molecule has 0 atom stereocenters. The molecule has 0 N–H and O–H groups in total. The molecule has 0 spiro atoms. The van der Waals surface area contributed by atoms with Crippen LogP contribution in [-0.2, 0) is 21.7 Å². The average Bonchev–Trinajstić information content (AvgIpc) is 1.41. The van der Waals surface area contributed by atoms with Crippen molar-refractivity contribution in [3.8, 4) is 0 Å². The summed E-state index contributed by atoms with van der Waals surface area (Å²) in [6.07, 6.45) is 5.15. The van der Waals surface area contributed by atoms with Gasteiger partial charge in [0.1, 0.15) is 0 Å². The maximum absolute atomic E-state index is 4.93. The van der Waals surface area contributed by atoms with E-state index in [2.05, 4.69) is 0 Å². The van der Waals surface area contributed by atoms with Gasteiger partial charge in [0.25, 0.3) is 0 Å². The summed E-state index contributed by atoms with van der Waals surface area (Å²) < 4.78 is 0. The van der Waals surface area contributed by atoms with Crippen LogP contribution < -0.4 is 14.1 Å². The summed E-state index contributed by atoms with van der Waals surface area (Å²) in [6, 6.07) is 0. The van der Waals surface area contributed by atoms with E-state index in [1.807, 2.05) is 13.0 Å². The van der Waals surface area contributed by atoms with Crippen LogP contribution >= 0.6 is 0 Å². The molecule has 0 nitrogen and oxygen atoms in total. The smallest absolute Gasteiger partial charge is 1.00 e. The van der Waals surface area contributed by atoms with E-state index < -0.39 is 0 Å². The van der Waals surface area contributed by atoms with Gasteiger partial charge in [-0.2, -0.15) is 6.08 Å². The van der Waals surface area contributed by atoms with E-state index in [9.17, 15) is 0 Å². The van der Waals surface area contributed by atoms with Crippen LogP contribution in [0.3, 0.4) is 0 Å². The van der Waals surface area contributed by atoms with Crippen LogP contribution in [0.5, 0.6) is 0 Å². The van der Waals surface area contributed by atoms with Crippen molar-refractivity contribution in [1.29, 1.82) is 0 Å². The first-order valence-electron chi connectivity index (χ1n) is 1.58. The van der Waals surface area contributed by atoms with Crippen molar-refractivity contribution >= 4 is 0 Å². The van der Waals surface area contributed by atoms with Gasteiger partial charge < -0.3 is 14.1 Å². The first-order valence-corrected chi connectivity index (χ1v) is 1.58. The predicted octanol–water partition coefficient (Wildman–Crippen LogP) is -7.44. The standard InChI is InChI=1S/C5H7.3FH.Ti/c1-3-5-4-2;;;;/h1,3-5H,2H3;3*1H;/q-1;;;;+4/p-3. The van der Waals surface area contributed by atoms with Gasteiger partial charge in [0, 0.05) is 0 Å². The van der Waals surface area contributed by atoms with Gasteiger partial charge in [-0.1, -0.05) is 6.92 Å². The summed E-state index contributed by atoms with van der Waals surface area (Å²) in [5.74, 6) is 0. The van der Waals surface area contributed by atoms with E-state index in [1.165, 1.54) is 6.08 Å². The molecule has 0 heterocycles. The second kappa shape index (κ2) is 43.7. The SMILES string of the molecule is [CH-]=CC=CC.[F-].[F-].[F-].[Ti+4]. The minimum atomic E-state index is 0. The fourth-order valence-electron chi connectivity index (χ4n) is 0.111. The van der Waals surface area contributed by atoms with Crippen LogP contribution in [-0.4, -0.2) is 0 Å². The third-order valence-electron chi connectivity index (χ3n) is 0.304. The van der Waals surface area contributed by atoms with Crippen LogP contribution in [0.4, 0.5) is 0 Å². The molecule has 9 heavy (non-hydrogen) atoms. The van der Waals surface area contributed by atoms with Gasteiger partial charge in [-0.25, -0.2) is 12.2 Å². The quantitative estimate of drug-likeness (QED) is 0.209. The van der Waals surface area contributed by atoms with E-state index in [1.54, 1.807) is 6.08 Å². The Labute approximate surface area is 68.0 Å². The van der Waals surface area contributed by atoms with Crippen molar-refractivity contribution in [3.63, 3.8) is 0 Å². The monoisotopic (exact) mass is 172 g/mol. The zero-order valence-electron chi connectivity index (χ0n) is 4.94. The molecule has 0 bridgehead atoms. The molecule has 4 heteroatoms. The van der Waals surface area contributed by atoms with E-state index in [0.717, 1.165) is 0 Å². The Morgan fingerprint density at radius 2 is 1.44 bits per heavy atom. The summed E-state index contributed by atoms with van der Waals surface area (Å²) >= 11 is 0. The van der Waals surface area contributed by atoms with Gasteiger partial charge in [-0.05, 0) is 0 Å². The van der Waals surface area contributed by atoms with Gasteiger partial charge in [0.15, 0.2) is 0 Å². The van der Waals surface area contributed by atoms with E-state index in [0.29, 0.717) is 0 Å². The second-order valence-electron chi connectivity index (χ2n) is 0.718. The molecular weight excluding hydrogens is 165 g/mol. The molecular formula is C5H7F3Ti. The van der Waals surface area contributed by atoms with Crippen molar-refractivity contribution in [3.05, 3.63) is 24.8 Å². The molecule has 0 aromatic heterocycles. The topological polar surface area (TPSA) is 0 Å². The fraction of sp³-hybridized carbons (Fsp3) is 0.200. The molecule has 0 unspecified atom stereocenters. The van der Waals surface area contributed by atoms with Crippen LogP contribution in [0.2, 0.25) is 0 Å². The molecule has 0 radical (unpaired) electrons. The number of halogens is 3. The normalized spacial score (nSPS) is 5.00. The molecule has 0 aliphatic rings. The van der Waals surface area contributed by atoms with Gasteiger partial charge in [0.2, 0.25) is 0 Å². The Morgan fingerprint density at radius 3 is 1.44 bits per heavy atom. The third kappa shape index (κ3) is 72.6. The van der Waals surface area contributed by atoms with Crippen molar-refractivity contribution in [1.82, 2.24) is 0 Å². The molecule has 0 aromatic carbocycles. The summed E-state index contributed by atoms with van der Waals surface area (Å²) in [5.41, 5.74) is 0. The second-order valence-corrected chi connectivity index (χ2v) is 0.718. The predicted molar refractivity (Wildman–Crippen MR) is 23.7 cm³/mol. The van der Waals surface area contributed by atoms with Crippen LogP contribution in [0.25, 0.3) is 0 Å². The summed E-state index contributed by atoms with van der Waals surface area (Å²) in [6.45, 7) is 6.85. The van der Waals surface area contributed by atoms with Gasteiger partial charge in [-0.15, -0.1) is 0 Å². The van der Waals surface area contributed by atoms with Gasteiger partial charge in [0.05, 0.1) is 0 Å². The van der Waals surface area contributed by atoms with E-state index >= 15 is 0 Å². The molecule has 0 rings (SSSR count). The average molecular weight is 172 g/mol. The maximum Gasteiger partial charge on any atom is 4.00 e. The van der Waals surface area contributed by atoms with Crippen molar-refractivity contribution in [2.45, 2.75) is 6.92 Å². The van der Waals surface area contributed by atoms with Crippen LogP contribution in [0.15, 0.2) is 18.2 Å². The largest absolute Gasteiger partial charge is 4.00 e. The maximum atomic E-state index is 4.93. The minimum Gasteiger partial charge on any atom is -1.00 e. The summed E-state index contributed by atoms with van der Waals surface area (Å²) in [7, 11) is 0. The Morgan fingerprint density at radius 1 is 1.11 bits per heavy atom. The van der Waals surface area contributed by atoms with Crippen molar-refractivity contribution in [2.75, 3.05) is 0 Å². The molecule has 0 saturated carbocycles. The molecule has 0 saturated heterocycles.